The Morgan fingerprint density at radius 3 is 2.30 bits per heavy atom. The molecule has 0 fully saturated rings. The molecule has 0 radical (unpaired) electrons. The van der Waals surface area contributed by atoms with Crippen molar-refractivity contribution in [1.29, 1.82) is 0 Å². The van der Waals surface area contributed by atoms with Crippen molar-refractivity contribution in [2.24, 2.45) is 0 Å². The summed E-state index contributed by atoms with van der Waals surface area (Å²) in [7, 11) is 1.41. The van der Waals surface area contributed by atoms with Crippen LogP contribution in [0.15, 0.2) is 21.8 Å². The van der Waals surface area contributed by atoms with Crippen LogP contribution in [0.2, 0.25) is 0 Å². The molecule has 0 aliphatic rings. The number of aryl methyl sites for hydroxylation is 1. The third kappa shape index (κ3) is 1.33. The highest BCUT2D eigenvalue weighted by Gasteiger charge is 2.14. The van der Waals surface area contributed by atoms with Gasteiger partial charge in [-0.15, -0.1) is 0 Å². The van der Waals surface area contributed by atoms with E-state index in [1.165, 1.54) is 6.26 Å². The third-order valence-corrected chi connectivity index (χ3v) is 2.51. The Labute approximate surface area is 63.0 Å². The molecular weight excluding hydrogens is 176 g/mol. The van der Waals surface area contributed by atoms with Crippen molar-refractivity contribution in [3.63, 3.8) is 0 Å². The first-order chi connectivity index (χ1) is 4.52. The summed E-state index contributed by atoms with van der Waals surface area (Å²) in [6, 6.07) is 0. The molecule has 1 aromatic heterocycles. The van der Waals surface area contributed by atoms with Gasteiger partial charge in [0.15, 0.2) is 0 Å². The zero-order valence-electron chi connectivity index (χ0n) is 5.17. The summed E-state index contributed by atoms with van der Waals surface area (Å²) in [4.78, 5) is 0.0363. The average Bonchev–Trinajstić information content (AvgIpc) is 2.11. The highest BCUT2D eigenvalue weighted by atomic mass is 35.7. The van der Waals surface area contributed by atoms with E-state index in [4.69, 9.17) is 10.7 Å². The van der Waals surface area contributed by atoms with E-state index in [1.54, 1.807) is 6.92 Å². The second-order valence-electron chi connectivity index (χ2n) is 1.86. The van der Waals surface area contributed by atoms with Crippen molar-refractivity contribution in [3.8, 4) is 0 Å². The van der Waals surface area contributed by atoms with Crippen molar-refractivity contribution in [2.45, 2.75) is 11.8 Å². The summed E-state index contributed by atoms with van der Waals surface area (Å²) in [5, 5.41) is 0. The molecule has 0 unspecified atom stereocenters. The Kier molecular flexibility index (Phi) is 1.74. The fourth-order valence-corrected chi connectivity index (χ4v) is 1.68. The van der Waals surface area contributed by atoms with Gasteiger partial charge in [-0.1, -0.05) is 0 Å². The van der Waals surface area contributed by atoms with Crippen molar-refractivity contribution >= 4 is 19.7 Å². The molecule has 1 rings (SSSR count). The molecule has 3 nitrogen and oxygen atoms in total. The van der Waals surface area contributed by atoms with E-state index in [-0.39, 0.29) is 4.90 Å². The third-order valence-electron chi connectivity index (χ3n) is 1.07. The number of halogens is 1. The van der Waals surface area contributed by atoms with E-state index in [0.29, 0.717) is 5.56 Å². The second kappa shape index (κ2) is 2.29. The predicted octanol–water partition coefficient (Wildman–Crippen LogP) is 1.52. The largest absolute Gasteiger partial charge is 0.471 e. The smallest absolute Gasteiger partial charge is 0.264 e. The molecule has 1 heterocycles. The maximum absolute atomic E-state index is 10.6. The van der Waals surface area contributed by atoms with Crippen molar-refractivity contribution in [3.05, 3.63) is 18.1 Å². The number of furan rings is 1. The lowest BCUT2D eigenvalue weighted by Gasteiger charge is -1.87. The van der Waals surface area contributed by atoms with Gasteiger partial charge < -0.3 is 4.42 Å². The topological polar surface area (TPSA) is 47.3 Å². The van der Waals surface area contributed by atoms with Crippen LogP contribution in [0.4, 0.5) is 0 Å². The van der Waals surface area contributed by atoms with E-state index in [2.05, 4.69) is 4.42 Å². The van der Waals surface area contributed by atoms with Gasteiger partial charge in [-0.2, -0.15) is 0 Å². The summed E-state index contributed by atoms with van der Waals surface area (Å²) in [6.07, 6.45) is 2.44. The van der Waals surface area contributed by atoms with Crippen LogP contribution in [-0.4, -0.2) is 8.42 Å². The van der Waals surface area contributed by atoms with Gasteiger partial charge in [0.2, 0.25) is 0 Å². The lowest BCUT2D eigenvalue weighted by molar-refractivity contribution is 0.557. The molecule has 0 amide bonds. The minimum atomic E-state index is -3.61. The summed E-state index contributed by atoms with van der Waals surface area (Å²) in [6.45, 7) is 1.61. The van der Waals surface area contributed by atoms with E-state index >= 15 is 0 Å². The van der Waals surface area contributed by atoms with Crippen LogP contribution in [0.1, 0.15) is 5.56 Å². The van der Waals surface area contributed by atoms with E-state index in [9.17, 15) is 8.42 Å². The Morgan fingerprint density at radius 2 is 2.10 bits per heavy atom. The zero-order chi connectivity index (χ0) is 7.78. The maximum atomic E-state index is 10.6. The van der Waals surface area contributed by atoms with Crippen molar-refractivity contribution < 1.29 is 12.8 Å². The number of hydrogen-bond acceptors (Lipinski definition) is 3. The maximum Gasteiger partial charge on any atom is 0.264 e. The molecule has 56 valence electrons. The predicted molar refractivity (Wildman–Crippen MR) is 36.5 cm³/mol. The van der Waals surface area contributed by atoms with Crippen molar-refractivity contribution in [2.75, 3.05) is 0 Å². The van der Waals surface area contributed by atoms with E-state index in [1.807, 2.05) is 0 Å². The molecule has 0 aliphatic carbocycles. The lowest BCUT2D eigenvalue weighted by Crippen LogP contribution is -1.88. The molecule has 0 saturated heterocycles. The van der Waals surface area contributed by atoms with Gasteiger partial charge in [-0.3, -0.25) is 0 Å². The Balaban J connectivity index is 3.32. The zero-order valence-corrected chi connectivity index (χ0v) is 6.74. The molecule has 0 aliphatic heterocycles. The fraction of sp³-hybridized carbons (Fsp3) is 0.200. The SMILES string of the molecule is Cc1cocc1S(=O)(=O)Cl. The first-order valence-electron chi connectivity index (χ1n) is 2.49. The molecule has 0 bridgehead atoms. The standard InChI is InChI=1S/C5H5ClO3S/c1-4-2-9-3-5(4)10(6,7)8/h2-3H,1H3. The summed E-state index contributed by atoms with van der Waals surface area (Å²) in [5.41, 5.74) is 0.523. The van der Waals surface area contributed by atoms with Gasteiger partial charge in [0.25, 0.3) is 9.05 Å². The highest BCUT2D eigenvalue weighted by molar-refractivity contribution is 8.13. The lowest BCUT2D eigenvalue weighted by atomic mass is 10.4. The molecular formula is C5H5ClO3S. The van der Waals surface area contributed by atoms with Crippen LogP contribution in [0.25, 0.3) is 0 Å². The molecule has 0 N–H and O–H groups in total. The molecule has 5 heteroatoms. The van der Waals surface area contributed by atoms with Gasteiger partial charge in [-0.25, -0.2) is 8.42 Å². The quantitative estimate of drug-likeness (QED) is 0.616. The number of rotatable bonds is 1. The molecule has 0 saturated carbocycles. The van der Waals surface area contributed by atoms with Crippen molar-refractivity contribution in [1.82, 2.24) is 0 Å². The summed E-state index contributed by atoms with van der Waals surface area (Å²) >= 11 is 0. The Hall–Kier alpha value is -0.480. The van der Waals surface area contributed by atoms with Gasteiger partial charge >= 0.3 is 0 Å². The van der Waals surface area contributed by atoms with Gasteiger partial charge in [0.1, 0.15) is 11.2 Å². The first kappa shape index (κ1) is 7.63. The average molecular weight is 181 g/mol. The van der Waals surface area contributed by atoms with Gasteiger partial charge in [0, 0.05) is 16.2 Å². The van der Waals surface area contributed by atoms with Crippen LogP contribution >= 0.6 is 10.7 Å². The van der Waals surface area contributed by atoms with E-state index < -0.39 is 9.05 Å². The van der Waals surface area contributed by atoms with Crippen LogP contribution < -0.4 is 0 Å². The van der Waals surface area contributed by atoms with Crippen LogP contribution in [0.3, 0.4) is 0 Å². The van der Waals surface area contributed by atoms with Gasteiger partial charge in [-0.05, 0) is 6.92 Å². The first-order valence-corrected chi connectivity index (χ1v) is 4.80. The minimum absolute atomic E-state index is 0.0363. The van der Waals surface area contributed by atoms with Crippen LogP contribution in [0, 0.1) is 6.92 Å². The summed E-state index contributed by atoms with van der Waals surface area (Å²) in [5.74, 6) is 0. The monoisotopic (exact) mass is 180 g/mol. The van der Waals surface area contributed by atoms with E-state index in [0.717, 1.165) is 6.26 Å². The Bertz CT molecular complexity index is 324. The molecule has 10 heavy (non-hydrogen) atoms. The van der Waals surface area contributed by atoms with Crippen LogP contribution in [0.5, 0.6) is 0 Å². The molecule has 0 aromatic carbocycles. The normalized spacial score (nSPS) is 11.8. The molecule has 0 atom stereocenters. The summed E-state index contributed by atoms with van der Waals surface area (Å²) < 4.78 is 25.8. The Morgan fingerprint density at radius 1 is 1.50 bits per heavy atom. The minimum Gasteiger partial charge on any atom is -0.471 e. The van der Waals surface area contributed by atoms with Crippen LogP contribution in [-0.2, 0) is 9.05 Å². The molecule has 1 aromatic rings. The highest BCUT2D eigenvalue weighted by Crippen LogP contribution is 2.19. The molecule has 0 spiro atoms. The number of hydrogen-bond donors (Lipinski definition) is 0. The fourth-order valence-electron chi connectivity index (χ4n) is 0.599. The second-order valence-corrected chi connectivity index (χ2v) is 4.39. The van der Waals surface area contributed by atoms with Gasteiger partial charge in [0.05, 0.1) is 6.26 Å².